The second kappa shape index (κ2) is 11.5. The number of anilines is 2. The summed E-state index contributed by atoms with van der Waals surface area (Å²) in [5, 5.41) is 12.9. The maximum atomic E-state index is 9.73. The molecular formula is C28H32N6O3. The van der Waals surface area contributed by atoms with Gasteiger partial charge in [-0.2, -0.15) is 10.2 Å². The highest BCUT2D eigenvalue weighted by atomic mass is 16.5. The van der Waals surface area contributed by atoms with Crippen LogP contribution in [0.4, 0.5) is 11.8 Å². The minimum atomic E-state index is 0.0666. The van der Waals surface area contributed by atoms with Gasteiger partial charge >= 0.3 is 0 Å². The van der Waals surface area contributed by atoms with E-state index in [4.69, 9.17) is 14.2 Å². The van der Waals surface area contributed by atoms with Crippen molar-refractivity contribution in [3.05, 3.63) is 53.7 Å². The molecule has 37 heavy (non-hydrogen) atoms. The summed E-state index contributed by atoms with van der Waals surface area (Å²) >= 11 is 0. The van der Waals surface area contributed by atoms with Crippen LogP contribution in [-0.2, 0) is 4.74 Å². The van der Waals surface area contributed by atoms with E-state index < -0.39 is 0 Å². The molecule has 2 aromatic heterocycles. The van der Waals surface area contributed by atoms with Gasteiger partial charge in [0, 0.05) is 30.2 Å². The number of aromatic nitrogens is 3. The van der Waals surface area contributed by atoms with E-state index in [0.717, 1.165) is 49.9 Å². The minimum Gasteiger partial charge on any atom is -0.489 e. The molecule has 3 aromatic rings. The summed E-state index contributed by atoms with van der Waals surface area (Å²) in [6.07, 6.45) is 5.59. The van der Waals surface area contributed by atoms with Gasteiger partial charge in [0.05, 0.1) is 31.6 Å². The minimum absolute atomic E-state index is 0.0666. The van der Waals surface area contributed by atoms with Crippen LogP contribution in [0.2, 0.25) is 0 Å². The highest BCUT2D eigenvalue weighted by Gasteiger charge is 2.23. The lowest BCUT2D eigenvalue weighted by molar-refractivity contribution is 0.0254. The van der Waals surface area contributed by atoms with E-state index in [9.17, 15) is 5.26 Å². The van der Waals surface area contributed by atoms with Crippen molar-refractivity contribution in [3.63, 3.8) is 0 Å². The van der Waals surface area contributed by atoms with Crippen LogP contribution < -0.4 is 14.8 Å². The molecule has 2 saturated heterocycles. The van der Waals surface area contributed by atoms with Gasteiger partial charge in [-0.1, -0.05) is 0 Å². The zero-order valence-electron chi connectivity index (χ0n) is 21.3. The molecule has 1 aromatic carbocycles. The van der Waals surface area contributed by atoms with Crippen molar-refractivity contribution in [2.75, 3.05) is 45.8 Å². The average Bonchev–Trinajstić information content (AvgIpc) is 2.94. The molecular weight excluding hydrogens is 468 g/mol. The lowest BCUT2D eigenvalue weighted by atomic mass is 9.90. The van der Waals surface area contributed by atoms with Gasteiger partial charge in [-0.15, -0.1) is 0 Å². The molecule has 0 unspecified atom stereocenters. The maximum absolute atomic E-state index is 9.73. The molecule has 2 fully saturated rings. The third kappa shape index (κ3) is 5.98. The van der Waals surface area contributed by atoms with Crippen molar-refractivity contribution in [1.82, 2.24) is 19.9 Å². The van der Waals surface area contributed by atoms with E-state index in [2.05, 4.69) is 44.4 Å². The summed E-state index contributed by atoms with van der Waals surface area (Å²) in [4.78, 5) is 16.1. The smallest absolute Gasteiger partial charge is 0.228 e. The number of nitrogens with zero attached hydrogens (tertiary/aromatic N) is 5. The first-order chi connectivity index (χ1) is 18.1. The largest absolute Gasteiger partial charge is 0.489 e. The number of nitrogens with one attached hydrogen (secondary N) is 1. The number of methoxy groups -OCH3 is 1. The zero-order chi connectivity index (χ0) is 25.6. The van der Waals surface area contributed by atoms with Gasteiger partial charge in [-0.25, -0.2) is 9.97 Å². The van der Waals surface area contributed by atoms with Crippen LogP contribution in [0.25, 0.3) is 11.3 Å². The van der Waals surface area contributed by atoms with Crippen LogP contribution >= 0.6 is 0 Å². The number of piperidine rings is 1. The number of benzene rings is 1. The topological polar surface area (TPSA) is 105 Å². The highest BCUT2D eigenvalue weighted by molar-refractivity contribution is 5.65. The summed E-state index contributed by atoms with van der Waals surface area (Å²) in [5.74, 6) is 2.70. The van der Waals surface area contributed by atoms with Gasteiger partial charge < -0.3 is 24.4 Å². The Kier molecular flexibility index (Phi) is 7.78. The monoisotopic (exact) mass is 500 g/mol. The molecule has 0 radical (unpaired) electrons. The predicted molar refractivity (Wildman–Crippen MR) is 140 cm³/mol. The molecule has 5 rings (SSSR count). The van der Waals surface area contributed by atoms with Crippen LogP contribution in [-0.4, -0.2) is 66.4 Å². The van der Waals surface area contributed by atoms with Gasteiger partial charge in [0.15, 0.2) is 0 Å². The van der Waals surface area contributed by atoms with Crippen LogP contribution in [0.15, 0.2) is 42.6 Å². The van der Waals surface area contributed by atoms with Gasteiger partial charge in [-0.05, 0) is 75.3 Å². The van der Waals surface area contributed by atoms with Gasteiger partial charge in [0.25, 0.3) is 0 Å². The fourth-order valence-electron chi connectivity index (χ4n) is 4.86. The second-order valence-electron chi connectivity index (χ2n) is 9.52. The standard InChI is InChI=1S/C28H32N6O3/c1-34-13-8-19(9-14-34)23-4-6-26(32-27(23)35-2)33-28-30-12-7-24(31-28)20-3-5-25(21(17-20)18-29)37-22-10-15-36-16-11-22/h3-7,12,17,19,22H,8-11,13-16H2,1-2H3,(H,30,31,32,33). The van der Waals surface area contributed by atoms with Crippen molar-refractivity contribution in [3.8, 4) is 29.0 Å². The van der Waals surface area contributed by atoms with Crippen molar-refractivity contribution >= 4 is 11.8 Å². The normalized spacial score (nSPS) is 17.2. The van der Waals surface area contributed by atoms with Gasteiger partial charge in [-0.3, -0.25) is 0 Å². The van der Waals surface area contributed by atoms with Crippen LogP contribution in [0, 0.1) is 11.3 Å². The summed E-state index contributed by atoms with van der Waals surface area (Å²) in [7, 11) is 3.81. The zero-order valence-corrected chi connectivity index (χ0v) is 21.3. The molecule has 1 N–H and O–H groups in total. The first-order valence-electron chi connectivity index (χ1n) is 12.8. The molecule has 9 heteroatoms. The number of pyridine rings is 1. The molecule has 0 saturated carbocycles. The van der Waals surface area contributed by atoms with Crippen LogP contribution in [0.3, 0.4) is 0 Å². The van der Waals surface area contributed by atoms with E-state index in [1.165, 1.54) is 0 Å². The number of hydrogen-bond acceptors (Lipinski definition) is 9. The van der Waals surface area contributed by atoms with Crippen molar-refractivity contribution in [2.24, 2.45) is 0 Å². The Balaban J connectivity index is 1.32. The van der Waals surface area contributed by atoms with E-state index in [1.54, 1.807) is 19.4 Å². The van der Waals surface area contributed by atoms with Crippen molar-refractivity contribution in [2.45, 2.75) is 37.7 Å². The molecule has 0 aliphatic carbocycles. The molecule has 2 aliphatic heterocycles. The van der Waals surface area contributed by atoms with Gasteiger partial charge in [0.2, 0.25) is 11.8 Å². The Labute approximate surface area is 217 Å². The Hall–Kier alpha value is -3.74. The molecule has 0 bridgehead atoms. The lowest BCUT2D eigenvalue weighted by Crippen LogP contribution is -2.29. The number of hydrogen-bond donors (Lipinski definition) is 1. The predicted octanol–water partition coefficient (Wildman–Crippen LogP) is 4.53. The molecule has 192 valence electrons. The number of ether oxygens (including phenoxy) is 3. The SMILES string of the molecule is COc1nc(Nc2nccc(-c3ccc(OC4CCOCC4)c(C#N)c3)n2)ccc1C1CCN(C)CC1. The third-order valence-electron chi connectivity index (χ3n) is 6.99. The fraction of sp³-hybridized carbons (Fsp3) is 0.429. The number of nitriles is 1. The van der Waals surface area contributed by atoms with Gasteiger partial charge in [0.1, 0.15) is 23.7 Å². The quantitative estimate of drug-likeness (QED) is 0.501. The molecule has 0 atom stereocenters. The Bertz CT molecular complexity index is 1260. The number of likely N-dealkylation sites (tertiary alicyclic amines) is 1. The van der Waals surface area contributed by atoms with E-state index in [1.807, 2.05) is 24.3 Å². The Morgan fingerprint density at radius 3 is 2.62 bits per heavy atom. The summed E-state index contributed by atoms with van der Waals surface area (Å²) < 4.78 is 17.1. The summed E-state index contributed by atoms with van der Waals surface area (Å²) in [6, 6.07) is 13.7. The first kappa shape index (κ1) is 24.9. The second-order valence-corrected chi connectivity index (χ2v) is 9.52. The molecule has 0 amide bonds. The lowest BCUT2D eigenvalue weighted by Gasteiger charge is -2.29. The van der Waals surface area contributed by atoms with E-state index in [-0.39, 0.29) is 6.10 Å². The first-order valence-corrected chi connectivity index (χ1v) is 12.8. The summed E-state index contributed by atoms with van der Waals surface area (Å²) in [6.45, 7) is 3.52. The van der Waals surface area contributed by atoms with Crippen molar-refractivity contribution in [1.29, 1.82) is 5.26 Å². The summed E-state index contributed by atoms with van der Waals surface area (Å²) in [5.41, 5.74) is 3.13. The van der Waals surface area contributed by atoms with Crippen molar-refractivity contribution < 1.29 is 14.2 Å². The van der Waals surface area contributed by atoms with Crippen LogP contribution in [0.1, 0.15) is 42.7 Å². The van der Waals surface area contributed by atoms with Crippen LogP contribution in [0.5, 0.6) is 11.6 Å². The molecule has 9 nitrogen and oxygen atoms in total. The molecule has 2 aliphatic rings. The Morgan fingerprint density at radius 1 is 1.05 bits per heavy atom. The molecule has 4 heterocycles. The average molecular weight is 501 g/mol. The highest BCUT2D eigenvalue weighted by Crippen LogP contribution is 2.34. The molecule has 0 spiro atoms. The fourth-order valence-corrected chi connectivity index (χ4v) is 4.86. The number of rotatable bonds is 7. The Morgan fingerprint density at radius 2 is 1.86 bits per heavy atom. The van der Waals surface area contributed by atoms with E-state index in [0.29, 0.717) is 53.8 Å². The van der Waals surface area contributed by atoms with E-state index >= 15 is 0 Å². The maximum Gasteiger partial charge on any atom is 0.228 e. The third-order valence-corrected chi connectivity index (χ3v) is 6.99.